The molecule has 2 aromatic rings. The van der Waals surface area contributed by atoms with E-state index in [9.17, 15) is 9.18 Å². The molecule has 21 heavy (non-hydrogen) atoms. The molecule has 110 valence electrons. The van der Waals surface area contributed by atoms with E-state index < -0.39 is 11.7 Å². The number of ether oxygens (including phenoxy) is 1. The van der Waals surface area contributed by atoms with Crippen molar-refractivity contribution >= 4 is 17.5 Å². The molecule has 2 aromatic carbocycles. The van der Waals surface area contributed by atoms with E-state index in [2.05, 4.69) is 5.32 Å². The molecular weight excluding hydrogens is 293 g/mol. The highest BCUT2D eigenvalue weighted by Crippen LogP contribution is 2.19. The van der Waals surface area contributed by atoms with Gasteiger partial charge in [0.2, 0.25) is 0 Å². The minimum Gasteiger partial charge on any atom is -0.494 e. The van der Waals surface area contributed by atoms with Gasteiger partial charge in [-0.05, 0) is 36.8 Å². The van der Waals surface area contributed by atoms with Crippen molar-refractivity contribution in [3.63, 3.8) is 0 Å². The van der Waals surface area contributed by atoms with Crippen molar-refractivity contribution in [2.24, 2.45) is 0 Å². The number of carbonyl (C=O) groups is 1. The maximum atomic E-state index is 13.6. The summed E-state index contributed by atoms with van der Waals surface area (Å²) in [4.78, 5) is 12.0. The minimum atomic E-state index is -0.636. The van der Waals surface area contributed by atoms with Gasteiger partial charge in [-0.3, -0.25) is 4.79 Å². The van der Waals surface area contributed by atoms with E-state index >= 15 is 0 Å². The third-order valence-electron chi connectivity index (χ3n) is 2.85. The number of benzene rings is 2. The van der Waals surface area contributed by atoms with Crippen molar-refractivity contribution in [2.75, 3.05) is 6.61 Å². The molecule has 0 bridgehead atoms. The monoisotopic (exact) mass is 307 g/mol. The van der Waals surface area contributed by atoms with Crippen molar-refractivity contribution in [3.8, 4) is 5.75 Å². The molecule has 0 saturated carbocycles. The van der Waals surface area contributed by atoms with Crippen LogP contribution in [-0.4, -0.2) is 12.5 Å². The molecule has 0 unspecified atom stereocenters. The molecule has 1 N–H and O–H groups in total. The Labute approximate surface area is 127 Å². The summed E-state index contributed by atoms with van der Waals surface area (Å²) < 4.78 is 19.0. The number of halogens is 2. The zero-order valence-corrected chi connectivity index (χ0v) is 12.3. The lowest BCUT2D eigenvalue weighted by atomic mass is 10.1. The van der Waals surface area contributed by atoms with Crippen LogP contribution in [0.5, 0.6) is 5.75 Å². The number of rotatable bonds is 5. The van der Waals surface area contributed by atoms with Gasteiger partial charge in [-0.1, -0.05) is 29.8 Å². The lowest BCUT2D eigenvalue weighted by molar-refractivity contribution is 0.0947. The fourth-order valence-corrected chi connectivity index (χ4v) is 2.15. The summed E-state index contributed by atoms with van der Waals surface area (Å²) in [5.74, 6) is -0.448. The second-order valence-electron chi connectivity index (χ2n) is 4.36. The Morgan fingerprint density at radius 2 is 2.05 bits per heavy atom. The van der Waals surface area contributed by atoms with Crippen molar-refractivity contribution < 1.29 is 13.9 Å². The van der Waals surface area contributed by atoms with Crippen LogP contribution < -0.4 is 10.1 Å². The van der Waals surface area contributed by atoms with Crippen LogP contribution in [-0.2, 0) is 6.54 Å². The topological polar surface area (TPSA) is 38.3 Å². The van der Waals surface area contributed by atoms with Gasteiger partial charge in [-0.2, -0.15) is 0 Å². The Morgan fingerprint density at radius 3 is 2.76 bits per heavy atom. The van der Waals surface area contributed by atoms with Crippen molar-refractivity contribution in [1.29, 1.82) is 0 Å². The third-order valence-corrected chi connectivity index (χ3v) is 3.17. The molecule has 0 fully saturated rings. The molecule has 0 saturated heterocycles. The molecule has 0 spiro atoms. The normalized spacial score (nSPS) is 10.2. The van der Waals surface area contributed by atoms with Gasteiger partial charge in [0.15, 0.2) is 0 Å². The zero-order valence-electron chi connectivity index (χ0n) is 11.5. The van der Waals surface area contributed by atoms with E-state index in [0.717, 1.165) is 11.3 Å². The fraction of sp³-hybridized carbons (Fsp3) is 0.188. The standard InChI is InChI=1S/C16H15ClFNO2/c1-2-21-12-6-3-5-11(9-12)10-19-16(20)15-13(17)7-4-8-14(15)18/h3-9H,2,10H2,1H3,(H,19,20). The van der Waals surface area contributed by atoms with Gasteiger partial charge in [-0.25, -0.2) is 4.39 Å². The van der Waals surface area contributed by atoms with E-state index in [4.69, 9.17) is 16.3 Å². The third kappa shape index (κ3) is 3.95. The maximum absolute atomic E-state index is 13.6. The average Bonchev–Trinajstić information content (AvgIpc) is 2.46. The fourth-order valence-electron chi connectivity index (χ4n) is 1.90. The van der Waals surface area contributed by atoms with Crippen molar-refractivity contribution in [2.45, 2.75) is 13.5 Å². The predicted octanol–water partition coefficient (Wildman–Crippen LogP) is 3.81. The summed E-state index contributed by atoms with van der Waals surface area (Å²) in [6, 6.07) is 11.5. The van der Waals surface area contributed by atoms with Gasteiger partial charge in [-0.15, -0.1) is 0 Å². The first-order valence-electron chi connectivity index (χ1n) is 6.55. The summed E-state index contributed by atoms with van der Waals surface area (Å²) >= 11 is 5.85. The van der Waals surface area contributed by atoms with Crippen LogP contribution in [0.15, 0.2) is 42.5 Å². The molecule has 3 nitrogen and oxygen atoms in total. The Morgan fingerprint density at radius 1 is 1.29 bits per heavy atom. The Kier molecular flexibility index (Phi) is 5.17. The van der Waals surface area contributed by atoms with Crippen LogP contribution >= 0.6 is 11.6 Å². The Hall–Kier alpha value is -2.07. The van der Waals surface area contributed by atoms with Crippen LogP contribution in [0.4, 0.5) is 4.39 Å². The van der Waals surface area contributed by atoms with Gasteiger partial charge < -0.3 is 10.1 Å². The Balaban J connectivity index is 2.06. The van der Waals surface area contributed by atoms with E-state index in [1.807, 2.05) is 31.2 Å². The van der Waals surface area contributed by atoms with Crippen molar-refractivity contribution in [3.05, 3.63) is 64.4 Å². The lowest BCUT2D eigenvalue weighted by Gasteiger charge is -2.09. The van der Waals surface area contributed by atoms with Crippen molar-refractivity contribution in [1.82, 2.24) is 5.32 Å². The molecule has 2 rings (SSSR count). The first-order valence-corrected chi connectivity index (χ1v) is 6.93. The van der Waals surface area contributed by atoms with Gasteiger partial charge in [0.25, 0.3) is 5.91 Å². The second-order valence-corrected chi connectivity index (χ2v) is 4.77. The summed E-state index contributed by atoms with van der Waals surface area (Å²) in [5.41, 5.74) is 0.724. The molecular formula is C16H15ClFNO2. The highest BCUT2D eigenvalue weighted by atomic mass is 35.5. The van der Waals surface area contributed by atoms with Gasteiger partial charge >= 0.3 is 0 Å². The molecule has 0 heterocycles. The Bertz CT molecular complexity index is 626. The molecule has 0 aliphatic rings. The van der Waals surface area contributed by atoms with E-state index in [1.165, 1.54) is 18.2 Å². The highest BCUT2D eigenvalue weighted by Gasteiger charge is 2.15. The largest absolute Gasteiger partial charge is 0.494 e. The lowest BCUT2D eigenvalue weighted by Crippen LogP contribution is -2.24. The molecule has 0 radical (unpaired) electrons. The molecule has 1 amide bonds. The predicted molar refractivity (Wildman–Crippen MR) is 80.2 cm³/mol. The van der Waals surface area contributed by atoms with Crippen LogP contribution in [0.25, 0.3) is 0 Å². The average molecular weight is 308 g/mol. The number of hydrogen-bond acceptors (Lipinski definition) is 2. The van der Waals surface area contributed by atoms with Crippen LogP contribution in [0.3, 0.4) is 0 Å². The zero-order chi connectivity index (χ0) is 15.2. The number of carbonyl (C=O) groups excluding carboxylic acids is 1. The first-order chi connectivity index (χ1) is 10.1. The second kappa shape index (κ2) is 7.09. The molecule has 5 heteroatoms. The summed E-state index contributed by atoms with van der Waals surface area (Å²) in [6.07, 6.45) is 0. The van der Waals surface area contributed by atoms with Gasteiger partial charge in [0.05, 0.1) is 17.2 Å². The van der Waals surface area contributed by atoms with Crippen LogP contribution in [0, 0.1) is 5.82 Å². The summed E-state index contributed by atoms with van der Waals surface area (Å²) in [5, 5.41) is 2.74. The summed E-state index contributed by atoms with van der Waals surface area (Å²) in [7, 11) is 0. The van der Waals surface area contributed by atoms with E-state index in [0.29, 0.717) is 6.61 Å². The van der Waals surface area contributed by atoms with Crippen LogP contribution in [0.2, 0.25) is 5.02 Å². The summed E-state index contributed by atoms with van der Waals surface area (Å²) in [6.45, 7) is 2.74. The van der Waals surface area contributed by atoms with E-state index in [-0.39, 0.29) is 17.1 Å². The SMILES string of the molecule is CCOc1cccc(CNC(=O)c2c(F)cccc2Cl)c1. The van der Waals surface area contributed by atoms with E-state index in [1.54, 1.807) is 0 Å². The number of nitrogens with one attached hydrogen (secondary N) is 1. The van der Waals surface area contributed by atoms with Gasteiger partial charge in [0.1, 0.15) is 11.6 Å². The molecule has 0 aliphatic heterocycles. The quantitative estimate of drug-likeness (QED) is 0.912. The first kappa shape index (κ1) is 15.3. The highest BCUT2D eigenvalue weighted by molar-refractivity contribution is 6.33. The number of hydrogen-bond donors (Lipinski definition) is 1. The van der Waals surface area contributed by atoms with Gasteiger partial charge in [0, 0.05) is 6.54 Å². The molecule has 0 aliphatic carbocycles. The number of amides is 1. The molecule has 0 atom stereocenters. The maximum Gasteiger partial charge on any atom is 0.256 e. The smallest absolute Gasteiger partial charge is 0.256 e. The van der Waals surface area contributed by atoms with Crippen LogP contribution in [0.1, 0.15) is 22.8 Å². The minimum absolute atomic E-state index is 0.0931. The molecule has 0 aromatic heterocycles.